The number of alkyl carbamates (subject to hydrolysis) is 1. The number of hydrogen-bond donors (Lipinski definition) is 2. The highest BCUT2D eigenvalue weighted by Crippen LogP contribution is 2.44. The van der Waals surface area contributed by atoms with E-state index in [1.807, 2.05) is 54.6 Å². The topological polar surface area (TPSA) is 120 Å². The zero-order chi connectivity index (χ0) is 24.0. The zero-order valence-electron chi connectivity index (χ0n) is 18.7. The van der Waals surface area contributed by atoms with Gasteiger partial charge in [-0.05, 0) is 35.6 Å². The normalized spacial score (nSPS) is 13.7. The summed E-state index contributed by atoms with van der Waals surface area (Å²) in [5.41, 5.74) is 4.33. The van der Waals surface area contributed by atoms with Crippen LogP contribution in [0.4, 0.5) is 4.79 Å². The van der Waals surface area contributed by atoms with Crippen LogP contribution >= 0.6 is 0 Å². The number of hydrogen-bond acceptors (Lipinski definition) is 5. The number of rotatable bonds is 9. The summed E-state index contributed by atoms with van der Waals surface area (Å²) in [4.78, 5) is 37.8. The lowest BCUT2D eigenvalue weighted by Gasteiger charge is -2.28. The minimum Gasteiger partial charge on any atom is -0.481 e. The lowest BCUT2D eigenvalue weighted by Crippen LogP contribution is -2.50. The minimum atomic E-state index is -1.07. The van der Waals surface area contributed by atoms with Crippen molar-refractivity contribution in [1.82, 2.24) is 10.2 Å². The van der Waals surface area contributed by atoms with Crippen molar-refractivity contribution in [1.29, 1.82) is 5.26 Å². The maximum Gasteiger partial charge on any atom is 0.407 e. The molecule has 0 saturated heterocycles. The van der Waals surface area contributed by atoms with Crippen molar-refractivity contribution in [3.8, 4) is 17.2 Å². The first-order chi connectivity index (χ1) is 15.8. The quantitative estimate of drug-likeness (QED) is 0.604. The Hall–Kier alpha value is -3.86. The molecule has 1 aliphatic rings. The van der Waals surface area contributed by atoms with E-state index >= 15 is 0 Å². The van der Waals surface area contributed by atoms with Crippen LogP contribution in [0.2, 0.25) is 0 Å². The number of aliphatic carboxylic acids is 1. The third-order valence-corrected chi connectivity index (χ3v) is 5.98. The molecular weight excluding hydrogens is 422 g/mol. The second-order valence-electron chi connectivity index (χ2n) is 8.12. The Morgan fingerprint density at radius 1 is 1.12 bits per heavy atom. The SMILES string of the molecule is CC(CC#N)N(C)C(=O)C(CCC(=O)O)NC(=O)OCC1c2ccccc2-c2ccccc21. The Bertz CT molecular complexity index is 1030. The fourth-order valence-corrected chi connectivity index (χ4v) is 4.04. The Kier molecular flexibility index (Phi) is 7.67. The smallest absolute Gasteiger partial charge is 0.407 e. The molecule has 2 aromatic carbocycles. The average Bonchev–Trinajstić information content (AvgIpc) is 3.13. The number of amides is 2. The second-order valence-corrected chi connectivity index (χ2v) is 8.12. The monoisotopic (exact) mass is 449 g/mol. The van der Waals surface area contributed by atoms with Crippen LogP contribution in [0.25, 0.3) is 11.1 Å². The van der Waals surface area contributed by atoms with E-state index in [9.17, 15) is 14.4 Å². The fraction of sp³-hybridized carbons (Fsp3) is 0.360. The van der Waals surface area contributed by atoms with Gasteiger partial charge >= 0.3 is 12.1 Å². The van der Waals surface area contributed by atoms with Crippen LogP contribution in [0.15, 0.2) is 48.5 Å². The van der Waals surface area contributed by atoms with E-state index < -0.39 is 24.0 Å². The van der Waals surface area contributed by atoms with Gasteiger partial charge in [0.1, 0.15) is 12.6 Å². The molecule has 2 amide bonds. The van der Waals surface area contributed by atoms with E-state index in [0.29, 0.717) is 0 Å². The number of likely N-dealkylation sites (N-methyl/N-ethyl adjacent to an activating group) is 1. The first-order valence-corrected chi connectivity index (χ1v) is 10.8. The Morgan fingerprint density at radius 3 is 2.24 bits per heavy atom. The van der Waals surface area contributed by atoms with E-state index in [1.54, 1.807) is 6.92 Å². The molecule has 1 aliphatic carbocycles. The molecule has 3 rings (SSSR count). The highest BCUT2D eigenvalue weighted by atomic mass is 16.5. The summed E-state index contributed by atoms with van der Waals surface area (Å²) >= 11 is 0. The number of carboxylic acid groups (broad SMARTS) is 1. The maximum absolute atomic E-state index is 12.8. The molecule has 33 heavy (non-hydrogen) atoms. The Morgan fingerprint density at radius 2 is 1.70 bits per heavy atom. The van der Waals surface area contributed by atoms with Gasteiger partial charge in [-0.2, -0.15) is 5.26 Å². The van der Waals surface area contributed by atoms with Gasteiger partial charge in [0.2, 0.25) is 5.91 Å². The number of nitrogens with one attached hydrogen (secondary N) is 1. The number of ether oxygens (including phenoxy) is 1. The third-order valence-electron chi connectivity index (χ3n) is 5.98. The van der Waals surface area contributed by atoms with Crippen molar-refractivity contribution in [3.05, 3.63) is 59.7 Å². The van der Waals surface area contributed by atoms with Gasteiger partial charge in [-0.3, -0.25) is 9.59 Å². The molecule has 2 atom stereocenters. The largest absolute Gasteiger partial charge is 0.481 e. The number of fused-ring (bicyclic) bond motifs is 3. The predicted molar refractivity (Wildman–Crippen MR) is 121 cm³/mol. The van der Waals surface area contributed by atoms with Gasteiger partial charge in [-0.25, -0.2) is 4.79 Å². The average molecular weight is 450 g/mol. The van der Waals surface area contributed by atoms with Gasteiger partial charge in [0, 0.05) is 25.4 Å². The van der Waals surface area contributed by atoms with E-state index in [0.717, 1.165) is 22.3 Å². The third kappa shape index (κ3) is 5.50. The van der Waals surface area contributed by atoms with Gasteiger partial charge in [-0.15, -0.1) is 0 Å². The molecule has 0 aromatic heterocycles. The molecule has 2 unspecified atom stereocenters. The molecule has 172 valence electrons. The molecule has 0 spiro atoms. The molecule has 0 heterocycles. The van der Waals surface area contributed by atoms with Gasteiger partial charge in [0.05, 0.1) is 12.5 Å². The molecule has 2 aromatic rings. The van der Waals surface area contributed by atoms with E-state index in [4.69, 9.17) is 15.1 Å². The van der Waals surface area contributed by atoms with Crippen LogP contribution in [-0.2, 0) is 14.3 Å². The Labute approximate surface area is 192 Å². The number of carbonyl (C=O) groups is 3. The molecule has 8 nitrogen and oxygen atoms in total. The van der Waals surface area contributed by atoms with Gasteiger partial charge in [0.15, 0.2) is 0 Å². The maximum atomic E-state index is 12.8. The highest BCUT2D eigenvalue weighted by molar-refractivity contribution is 5.86. The first kappa shape index (κ1) is 23.8. The lowest BCUT2D eigenvalue weighted by molar-refractivity contribution is -0.138. The van der Waals surface area contributed by atoms with Crippen molar-refractivity contribution in [2.75, 3.05) is 13.7 Å². The van der Waals surface area contributed by atoms with Crippen LogP contribution in [0.1, 0.15) is 43.2 Å². The first-order valence-electron chi connectivity index (χ1n) is 10.8. The minimum absolute atomic E-state index is 0.0814. The van der Waals surface area contributed by atoms with Crippen LogP contribution in [0, 0.1) is 11.3 Å². The van der Waals surface area contributed by atoms with Crippen molar-refractivity contribution >= 4 is 18.0 Å². The van der Waals surface area contributed by atoms with E-state index in [1.165, 1.54) is 11.9 Å². The van der Waals surface area contributed by atoms with Crippen molar-refractivity contribution < 1.29 is 24.2 Å². The summed E-state index contributed by atoms with van der Waals surface area (Å²) in [6, 6.07) is 16.5. The van der Waals surface area contributed by atoms with Crippen LogP contribution in [0.5, 0.6) is 0 Å². The summed E-state index contributed by atoms with van der Waals surface area (Å²) in [5.74, 6) is -1.67. The summed E-state index contributed by atoms with van der Waals surface area (Å²) in [6.45, 7) is 1.79. The molecular formula is C25H27N3O5. The molecule has 0 fully saturated rings. The number of nitriles is 1. The van der Waals surface area contributed by atoms with Crippen LogP contribution < -0.4 is 5.32 Å². The van der Waals surface area contributed by atoms with Crippen molar-refractivity contribution in [3.63, 3.8) is 0 Å². The zero-order valence-corrected chi connectivity index (χ0v) is 18.7. The number of nitrogens with zero attached hydrogens (tertiary/aromatic N) is 2. The predicted octanol–water partition coefficient (Wildman–Crippen LogP) is 3.52. The summed E-state index contributed by atoms with van der Waals surface area (Å²) in [5, 5.41) is 20.4. The molecule has 8 heteroatoms. The van der Waals surface area contributed by atoms with Gasteiger partial charge in [-0.1, -0.05) is 48.5 Å². The van der Waals surface area contributed by atoms with Crippen molar-refractivity contribution in [2.45, 2.75) is 44.2 Å². The number of carboxylic acids is 1. The van der Waals surface area contributed by atoms with Gasteiger partial charge in [0.25, 0.3) is 0 Å². The highest BCUT2D eigenvalue weighted by Gasteiger charge is 2.31. The second kappa shape index (κ2) is 10.6. The summed E-state index contributed by atoms with van der Waals surface area (Å²) in [6.07, 6.45) is -1.04. The Balaban J connectivity index is 1.68. The summed E-state index contributed by atoms with van der Waals surface area (Å²) in [7, 11) is 1.53. The molecule has 0 radical (unpaired) electrons. The standard InChI is InChI=1S/C25H27N3O5/c1-16(13-14-26)28(2)24(31)22(11-12-23(29)30)27-25(32)33-15-21-19-9-5-3-7-17(19)18-8-4-6-10-20(18)21/h3-10,16,21-22H,11-13,15H2,1-2H3,(H,27,32)(H,29,30). The molecule has 0 aliphatic heterocycles. The van der Waals surface area contributed by atoms with E-state index in [-0.39, 0.29) is 37.8 Å². The lowest BCUT2D eigenvalue weighted by atomic mass is 9.98. The molecule has 0 bridgehead atoms. The fourth-order valence-electron chi connectivity index (χ4n) is 4.04. The summed E-state index contributed by atoms with van der Waals surface area (Å²) < 4.78 is 5.49. The van der Waals surface area contributed by atoms with Crippen LogP contribution in [-0.4, -0.2) is 53.7 Å². The van der Waals surface area contributed by atoms with Gasteiger partial charge < -0.3 is 20.1 Å². The van der Waals surface area contributed by atoms with E-state index in [2.05, 4.69) is 5.32 Å². The molecule has 2 N–H and O–H groups in total. The molecule has 0 saturated carbocycles. The van der Waals surface area contributed by atoms with Crippen LogP contribution in [0.3, 0.4) is 0 Å². The number of benzene rings is 2. The number of carbonyl (C=O) groups excluding carboxylic acids is 2. The van der Waals surface area contributed by atoms with Crippen molar-refractivity contribution in [2.24, 2.45) is 0 Å².